The van der Waals surface area contributed by atoms with E-state index in [1.54, 1.807) is 0 Å². The number of carbonyl (C=O) groups is 2. The molecule has 2 amide bonds. The minimum atomic E-state index is 0.0500. The van der Waals surface area contributed by atoms with Crippen LogP contribution in [0.1, 0.15) is 51.3 Å². The molecule has 0 radical (unpaired) electrons. The molecule has 2 heterocycles. The van der Waals surface area contributed by atoms with Crippen molar-refractivity contribution in [1.82, 2.24) is 19.8 Å². The molecule has 0 unspecified atom stereocenters. The van der Waals surface area contributed by atoms with E-state index in [2.05, 4.69) is 9.88 Å². The van der Waals surface area contributed by atoms with Crippen molar-refractivity contribution in [2.75, 3.05) is 19.6 Å². The van der Waals surface area contributed by atoms with E-state index in [0.717, 1.165) is 42.8 Å². The van der Waals surface area contributed by atoms with Gasteiger partial charge in [-0.1, -0.05) is 31.9 Å². The van der Waals surface area contributed by atoms with E-state index in [4.69, 9.17) is 4.98 Å². The van der Waals surface area contributed by atoms with Crippen molar-refractivity contribution in [2.24, 2.45) is 0 Å². The van der Waals surface area contributed by atoms with Crippen molar-refractivity contribution >= 4 is 22.8 Å². The van der Waals surface area contributed by atoms with E-state index in [1.807, 2.05) is 36.1 Å². The normalized spacial score (nSPS) is 14.9. The number of nitrogens with one attached hydrogen (secondary N) is 1. The highest BCUT2D eigenvalue weighted by molar-refractivity contribution is 5.78. The molecule has 0 bridgehead atoms. The third-order valence-corrected chi connectivity index (χ3v) is 5.23. The molecule has 146 valence electrons. The molecular weight excluding hydrogens is 340 g/mol. The van der Waals surface area contributed by atoms with E-state index in [-0.39, 0.29) is 11.8 Å². The number of hydrogen-bond donors (Lipinski definition) is 1. The summed E-state index contributed by atoms with van der Waals surface area (Å²) in [7, 11) is 0. The lowest BCUT2D eigenvalue weighted by atomic mass is 10.2. The first-order chi connectivity index (χ1) is 13.2. The number of aryl methyl sites for hydroxylation is 1. The van der Waals surface area contributed by atoms with E-state index in [9.17, 15) is 9.59 Å². The number of para-hydroxylation sites is 2. The Kier molecular flexibility index (Phi) is 6.85. The van der Waals surface area contributed by atoms with Crippen LogP contribution in [0.5, 0.6) is 0 Å². The molecule has 6 nitrogen and oxygen atoms in total. The summed E-state index contributed by atoms with van der Waals surface area (Å²) in [6, 6.07) is 8.02. The van der Waals surface area contributed by atoms with E-state index < -0.39 is 0 Å². The number of imidazole rings is 1. The third-order valence-electron chi connectivity index (χ3n) is 5.23. The Morgan fingerprint density at radius 1 is 1.11 bits per heavy atom. The van der Waals surface area contributed by atoms with Crippen LogP contribution in [0.3, 0.4) is 0 Å². The van der Waals surface area contributed by atoms with Crippen LogP contribution in [-0.4, -0.2) is 45.9 Å². The standard InChI is InChI=1S/C21H30N4O2/c1-2-20(26)22-13-11-19-23-17-9-5-6-10-18(17)25(19)16-12-21(27)24-14-7-3-4-8-15-24/h5-6,9-10H,2-4,7-8,11-16H2,1H3,(H,22,26). The van der Waals surface area contributed by atoms with Crippen LogP contribution < -0.4 is 5.32 Å². The zero-order valence-corrected chi connectivity index (χ0v) is 16.2. The molecule has 1 fully saturated rings. The summed E-state index contributed by atoms with van der Waals surface area (Å²) in [5.41, 5.74) is 1.99. The van der Waals surface area contributed by atoms with Crippen LogP contribution in [-0.2, 0) is 22.6 Å². The second-order valence-corrected chi connectivity index (χ2v) is 7.17. The molecule has 2 aromatic rings. The van der Waals surface area contributed by atoms with Gasteiger partial charge in [0, 0.05) is 45.4 Å². The number of fused-ring (bicyclic) bond motifs is 1. The number of aromatic nitrogens is 2. The van der Waals surface area contributed by atoms with Gasteiger partial charge in [-0.15, -0.1) is 0 Å². The minimum absolute atomic E-state index is 0.0500. The average Bonchev–Trinajstić information content (AvgIpc) is 2.85. The Hall–Kier alpha value is -2.37. The van der Waals surface area contributed by atoms with E-state index in [1.165, 1.54) is 12.8 Å². The van der Waals surface area contributed by atoms with Crippen LogP contribution in [0.2, 0.25) is 0 Å². The molecule has 0 aliphatic carbocycles. The largest absolute Gasteiger partial charge is 0.356 e. The fourth-order valence-electron chi connectivity index (χ4n) is 3.69. The molecule has 1 aliphatic heterocycles. The molecule has 27 heavy (non-hydrogen) atoms. The number of amides is 2. The SMILES string of the molecule is CCC(=O)NCCc1nc2ccccc2n1CCC(=O)N1CCCCCC1. The zero-order chi connectivity index (χ0) is 19.1. The Morgan fingerprint density at radius 3 is 2.59 bits per heavy atom. The van der Waals surface area contributed by atoms with Crippen LogP contribution in [0.25, 0.3) is 11.0 Å². The van der Waals surface area contributed by atoms with Crippen molar-refractivity contribution in [3.05, 3.63) is 30.1 Å². The van der Waals surface area contributed by atoms with Gasteiger partial charge in [0.05, 0.1) is 11.0 Å². The van der Waals surface area contributed by atoms with Crippen LogP contribution in [0.15, 0.2) is 24.3 Å². The van der Waals surface area contributed by atoms with Crippen molar-refractivity contribution in [3.63, 3.8) is 0 Å². The van der Waals surface area contributed by atoms with Crippen LogP contribution >= 0.6 is 0 Å². The summed E-state index contributed by atoms with van der Waals surface area (Å²) in [6.45, 7) is 4.82. The van der Waals surface area contributed by atoms with Gasteiger partial charge in [-0.05, 0) is 25.0 Å². The number of rotatable bonds is 7. The minimum Gasteiger partial charge on any atom is -0.356 e. The number of nitrogens with zero attached hydrogens (tertiary/aromatic N) is 3. The van der Waals surface area contributed by atoms with Crippen LogP contribution in [0, 0.1) is 0 Å². The first kappa shape index (κ1) is 19.4. The monoisotopic (exact) mass is 370 g/mol. The van der Waals surface area contributed by atoms with Gasteiger partial charge in [-0.25, -0.2) is 4.98 Å². The van der Waals surface area contributed by atoms with Gasteiger partial charge in [-0.3, -0.25) is 9.59 Å². The molecule has 0 atom stereocenters. The molecule has 1 aliphatic rings. The maximum absolute atomic E-state index is 12.7. The molecule has 6 heteroatoms. The molecule has 0 saturated carbocycles. The highest BCUT2D eigenvalue weighted by Crippen LogP contribution is 2.18. The quantitative estimate of drug-likeness (QED) is 0.815. The summed E-state index contributed by atoms with van der Waals surface area (Å²) >= 11 is 0. The second-order valence-electron chi connectivity index (χ2n) is 7.17. The zero-order valence-electron chi connectivity index (χ0n) is 16.2. The summed E-state index contributed by atoms with van der Waals surface area (Å²) in [5.74, 6) is 1.21. The third kappa shape index (κ3) is 5.08. The van der Waals surface area contributed by atoms with Crippen molar-refractivity contribution in [1.29, 1.82) is 0 Å². The van der Waals surface area contributed by atoms with Crippen LogP contribution in [0.4, 0.5) is 0 Å². The fraction of sp³-hybridized carbons (Fsp3) is 0.571. The lowest BCUT2D eigenvalue weighted by molar-refractivity contribution is -0.131. The van der Waals surface area contributed by atoms with Gasteiger partial charge >= 0.3 is 0 Å². The molecule has 1 aromatic carbocycles. The van der Waals surface area contributed by atoms with Gasteiger partial charge in [0.1, 0.15) is 5.82 Å². The predicted molar refractivity (Wildman–Crippen MR) is 106 cm³/mol. The number of benzene rings is 1. The molecule has 1 aromatic heterocycles. The molecule has 3 rings (SSSR count). The van der Waals surface area contributed by atoms with Gasteiger partial charge < -0.3 is 14.8 Å². The number of carbonyl (C=O) groups excluding carboxylic acids is 2. The van der Waals surface area contributed by atoms with Crippen molar-refractivity contribution in [2.45, 2.75) is 58.4 Å². The van der Waals surface area contributed by atoms with E-state index >= 15 is 0 Å². The fourth-order valence-corrected chi connectivity index (χ4v) is 3.69. The van der Waals surface area contributed by atoms with Crippen molar-refractivity contribution < 1.29 is 9.59 Å². The Morgan fingerprint density at radius 2 is 1.85 bits per heavy atom. The summed E-state index contributed by atoms with van der Waals surface area (Å²) in [5, 5.41) is 2.91. The van der Waals surface area contributed by atoms with Gasteiger partial charge in [0.25, 0.3) is 0 Å². The first-order valence-electron chi connectivity index (χ1n) is 10.2. The summed E-state index contributed by atoms with van der Waals surface area (Å²) < 4.78 is 2.14. The molecule has 1 saturated heterocycles. The lowest BCUT2D eigenvalue weighted by Crippen LogP contribution is -2.32. The lowest BCUT2D eigenvalue weighted by Gasteiger charge is -2.20. The maximum Gasteiger partial charge on any atom is 0.224 e. The number of hydrogen-bond acceptors (Lipinski definition) is 3. The molecule has 0 spiro atoms. The average molecular weight is 370 g/mol. The van der Waals surface area contributed by atoms with Gasteiger partial charge in [0.2, 0.25) is 11.8 Å². The topological polar surface area (TPSA) is 67.2 Å². The van der Waals surface area contributed by atoms with E-state index in [0.29, 0.717) is 32.4 Å². The highest BCUT2D eigenvalue weighted by Gasteiger charge is 2.17. The second kappa shape index (κ2) is 9.53. The molecular formula is C21H30N4O2. The Bertz CT molecular complexity index is 776. The first-order valence-corrected chi connectivity index (χ1v) is 10.2. The number of likely N-dealkylation sites (tertiary alicyclic amines) is 1. The van der Waals surface area contributed by atoms with Gasteiger partial charge in [-0.2, -0.15) is 0 Å². The van der Waals surface area contributed by atoms with Crippen molar-refractivity contribution in [3.8, 4) is 0 Å². The van der Waals surface area contributed by atoms with Gasteiger partial charge in [0.15, 0.2) is 0 Å². The predicted octanol–water partition coefficient (Wildman–Crippen LogP) is 2.90. The summed E-state index contributed by atoms with van der Waals surface area (Å²) in [4.78, 5) is 30.9. The Balaban J connectivity index is 1.68. The Labute approximate surface area is 160 Å². The maximum atomic E-state index is 12.7. The summed E-state index contributed by atoms with van der Waals surface area (Å²) in [6.07, 6.45) is 6.32. The highest BCUT2D eigenvalue weighted by atomic mass is 16.2. The smallest absolute Gasteiger partial charge is 0.224 e. The molecule has 1 N–H and O–H groups in total.